The Hall–Kier alpha value is -3.81. The van der Waals surface area contributed by atoms with E-state index in [1.807, 2.05) is 49.4 Å². The molecule has 27 heavy (non-hydrogen) atoms. The predicted molar refractivity (Wildman–Crippen MR) is 100 cm³/mol. The standard InChI is InChI=1S/C19H17N7O/c1-13-6-8-16(9-7-13)26-11-17(22-24-26)19(27)21-15-5-3-4-14(10-15)18-20-12-25(2)23-18/h3-12H,1-2H3,(H,21,27). The summed E-state index contributed by atoms with van der Waals surface area (Å²) in [4.78, 5) is 16.7. The highest BCUT2D eigenvalue weighted by atomic mass is 16.2. The van der Waals surface area contributed by atoms with Crippen molar-refractivity contribution in [1.29, 1.82) is 0 Å². The van der Waals surface area contributed by atoms with Gasteiger partial charge in [-0.25, -0.2) is 9.67 Å². The first-order valence-corrected chi connectivity index (χ1v) is 8.35. The molecule has 1 N–H and O–H groups in total. The Bertz CT molecular complexity index is 1100. The Morgan fingerprint density at radius 1 is 1.11 bits per heavy atom. The lowest BCUT2D eigenvalue weighted by molar-refractivity contribution is 0.102. The van der Waals surface area contributed by atoms with E-state index in [4.69, 9.17) is 0 Å². The number of aryl methyl sites for hydroxylation is 2. The molecule has 0 aliphatic carbocycles. The molecule has 0 fully saturated rings. The van der Waals surface area contributed by atoms with Gasteiger partial charge < -0.3 is 5.32 Å². The predicted octanol–water partition coefficient (Wildman–Crippen LogP) is 2.62. The van der Waals surface area contributed by atoms with Crippen molar-refractivity contribution in [2.75, 3.05) is 5.32 Å². The fraction of sp³-hybridized carbons (Fsp3) is 0.105. The largest absolute Gasteiger partial charge is 0.321 e. The van der Waals surface area contributed by atoms with Gasteiger partial charge >= 0.3 is 0 Å². The zero-order chi connectivity index (χ0) is 18.8. The summed E-state index contributed by atoms with van der Waals surface area (Å²) in [6.45, 7) is 2.01. The first-order chi connectivity index (χ1) is 13.1. The summed E-state index contributed by atoms with van der Waals surface area (Å²) in [7, 11) is 1.81. The van der Waals surface area contributed by atoms with Gasteiger partial charge in [0.25, 0.3) is 5.91 Å². The molecule has 1 amide bonds. The topological polar surface area (TPSA) is 90.5 Å². The monoisotopic (exact) mass is 359 g/mol. The fourth-order valence-electron chi connectivity index (χ4n) is 2.59. The summed E-state index contributed by atoms with van der Waals surface area (Å²) >= 11 is 0. The van der Waals surface area contributed by atoms with Crippen molar-refractivity contribution in [3.63, 3.8) is 0 Å². The average Bonchev–Trinajstić information content (AvgIpc) is 3.32. The number of carbonyl (C=O) groups is 1. The number of nitrogens with zero attached hydrogens (tertiary/aromatic N) is 6. The van der Waals surface area contributed by atoms with Crippen LogP contribution in [0.25, 0.3) is 17.1 Å². The van der Waals surface area contributed by atoms with Crippen LogP contribution in [-0.2, 0) is 7.05 Å². The highest BCUT2D eigenvalue weighted by Crippen LogP contribution is 2.19. The Labute approximate surface area is 155 Å². The van der Waals surface area contributed by atoms with Crippen molar-refractivity contribution in [3.05, 3.63) is 72.3 Å². The van der Waals surface area contributed by atoms with E-state index in [0.29, 0.717) is 11.5 Å². The molecule has 0 unspecified atom stereocenters. The molecule has 0 aliphatic rings. The zero-order valence-corrected chi connectivity index (χ0v) is 14.9. The zero-order valence-electron chi connectivity index (χ0n) is 14.9. The molecular formula is C19H17N7O. The number of anilines is 1. The van der Waals surface area contributed by atoms with Crippen LogP contribution in [0, 0.1) is 6.92 Å². The maximum atomic E-state index is 12.5. The van der Waals surface area contributed by atoms with Gasteiger partial charge in [0.05, 0.1) is 11.9 Å². The third-order valence-corrected chi connectivity index (χ3v) is 4.00. The second-order valence-corrected chi connectivity index (χ2v) is 6.16. The van der Waals surface area contributed by atoms with Gasteiger partial charge in [-0.3, -0.25) is 9.48 Å². The quantitative estimate of drug-likeness (QED) is 0.605. The number of carbonyl (C=O) groups excluding carboxylic acids is 1. The second kappa shape index (κ2) is 6.83. The molecular weight excluding hydrogens is 342 g/mol. The van der Waals surface area contributed by atoms with Crippen LogP contribution in [0.15, 0.2) is 61.1 Å². The minimum absolute atomic E-state index is 0.233. The number of benzene rings is 2. The van der Waals surface area contributed by atoms with Crippen LogP contribution in [0.4, 0.5) is 5.69 Å². The van der Waals surface area contributed by atoms with E-state index in [1.54, 1.807) is 35.0 Å². The number of hydrogen-bond donors (Lipinski definition) is 1. The summed E-state index contributed by atoms with van der Waals surface area (Å²) in [5, 5.41) is 15.1. The lowest BCUT2D eigenvalue weighted by atomic mass is 10.2. The summed E-state index contributed by atoms with van der Waals surface area (Å²) in [5.74, 6) is 0.262. The molecule has 2 aromatic carbocycles. The molecule has 4 aromatic rings. The molecule has 0 bridgehead atoms. The van der Waals surface area contributed by atoms with Crippen molar-refractivity contribution in [3.8, 4) is 17.1 Å². The Kier molecular flexibility index (Phi) is 4.21. The maximum Gasteiger partial charge on any atom is 0.277 e. The molecule has 2 aromatic heterocycles. The maximum absolute atomic E-state index is 12.5. The van der Waals surface area contributed by atoms with Crippen LogP contribution < -0.4 is 5.32 Å². The number of hydrogen-bond acceptors (Lipinski definition) is 5. The van der Waals surface area contributed by atoms with Crippen LogP contribution in [0.5, 0.6) is 0 Å². The van der Waals surface area contributed by atoms with E-state index in [1.165, 1.54) is 0 Å². The highest BCUT2D eigenvalue weighted by molar-refractivity contribution is 6.02. The first kappa shape index (κ1) is 16.6. The van der Waals surface area contributed by atoms with Crippen LogP contribution in [0.3, 0.4) is 0 Å². The van der Waals surface area contributed by atoms with E-state index in [0.717, 1.165) is 16.8 Å². The normalized spacial score (nSPS) is 10.7. The molecule has 0 aliphatic heterocycles. The van der Waals surface area contributed by atoms with Crippen LogP contribution in [-0.4, -0.2) is 35.7 Å². The van der Waals surface area contributed by atoms with E-state index in [9.17, 15) is 4.79 Å². The van der Waals surface area contributed by atoms with Crippen LogP contribution in [0.1, 0.15) is 16.1 Å². The Morgan fingerprint density at radius 2 is 1.93 bits per heavy atom. The molecule has 134 valence electrons. The molecule has 0 atom stereocenters. The molecule has 4 rings (SSSR count). The summed E-state index contributed by atoms with van der Waals surface area (Å²) in [6, 6.07) is 15.2. The van der Waals surface area contributed by atoms with Gasteiger partial charge in [-0.2, -0.15) is 5.10 Å². The van der Waals surface area contributed by atoms with Crippen molar-refractivity contribution in [2.45, 2.75) is 6.92 Å². The third-order valence-electron chi connectivity index (χ3n) is 4.00. The van der Waals surface area contributed by atoms with Gasteiger partial charge in [0.15, 0.2) is 11.5 Å². The molecule has 8 heteroatoms. The number of amides is 1. The fourth-order valence-corrected chi connectivity index (χ4v) is 2.59. The molecule has 0 saturated carbocycles. The lowest BCUT2D eigenvalue weighted by Crippen LogP contribution is -2.12. The molecule has 8 nitrogen and oxygen atoms in total. The smallest absolute Gasteiger partial charge is 0.277 e. The van der Waals surface area contributed by atoms with Gasteiger partial charge in [0.2, 0.25) is 0 Å². The van der Waals surface area contributed by atoms with Crippen molar-refractivity contribution in [1.82, 2.24) is 29.8 Å². The van der Waals surface area contributed by atoms with Gasteiger partial charge in [-0.15, -0.1) is 5.10 Å². The second-order valence-electron chi connectivity index (χ2n) is 6.16. The van der Waals surface area contributed by atoms with Crippen molar-refractivity contribution < 1.29 is 4.79 Å². The molecule has 0 radical (unpaired) electrons. The summed E-state index contributed by atoms with van der Waals surface area (Å²) in [6.07, 6.45) is 3.23. The van der Waals surface area contributed by atoms with Gasteiger partial charge in [-0.05, 0) is 31.2 Å². The van der Waals surface area contributed by atoms with Gasteiger partial charge in [0, 0.05) is 18.3 Å². The molecule has 0 saturated heterocycles. The average molecular weight is 359 g/mol. The highest BCUT2D eigenvalue weighted by Gasteiger charge is 2.13. The summed E-state index contributed by atoms with van der Waals surface area (Å²) in [5.41, 5.74) is 3.68. The van der Waals surface area contributed by atoms with Crippen LogP contribution >= 0.6 is 0 Å². The molecule has 0 spiro atoms. The van der Waals surface area contributed by atoms with E-state index in [2.05, 4.69) is 25.7 Å². The van der Waals surface area contributed by atoms with Gasteiger partial charge in [0.1, 0.15) is 6.33 Å². The number of aromatic nitrogens is 6. The number of nitrogens with one attached hydrogen (secondary N) is 1. The van der Waals surface area contributed by atoms with Crippen molar-refractivity contribution >= 4 is 11.6 Å². The van der Waals surface area contributed by atoms with Crippen LogP contribution in [0.2, 0.25) is 0 Å². The van der Waals surface area contributed by atoms with E-state index >= 15 is 0 Å². The minimum Gasteiger partial charge on any atom is -0.321 e. The Morgan fingerprint density at radius 3 is 2.67 bits per heavy atom. The SMILES string of the molecule is Cc1ccc(-n2cc(C(=O)Nc3cccc(-c4ncn(C)n4)c3)nn2)cc1. The number of rotatable bonds is 4. The van der Waals surface area contributed by atoms with Gasteiger partial charge in [-0.1, -0.05) is 35.0 Å². The Balaban J connectivity index is 1.52. The first-order valence-electron chi connectivity index (χ1n) is 8.35. The minimum atomic E-state index is -0.334. The molecule has 2 heterocycles. The third kappa shape index (κ3) is 3.59. The van der Waals surface area contributed by atoms with E-state index < -0.39 is 0 Å². The lowest BCUT2D eigenvalue weighted by Gasteiger charge is -2.04. The summed E-state index contributed by atoms with van der Waals surface area (Å²) < 4.78 is 3.20. The van der Waals surface area contributed by atoms with Crippen molar-refractivity contribution in [2.24, 2.45) is 7.05 Å². The van der Waals surface area contributed by atoms with E-state index in [-0.39, 0.29) is 11.6 Å².